The van der Waals surface area contributed by atoms with Crippen molar-refractivity contribution in [2.45, 2.75) is 71.2 Å². The Morgan fingerprint density at radius 3 is 2.18 bits per heavy atom. The van der Waals surface area contributed by atoms with Gasteiger partial charge in [-0.2, -0.15) is 0 Å². The van der Waals surface area contributed by atoms with Crippen molar-refractivity contribution >= 4 is 12.6 Å². The molecule has 4 heteroatoms. The molecule has 0 unspecified atom stereocenters. The summed E-state index contributed by atoms with van der Waals surface area (Å²) >= 11 is 0. The van der Waals surface area contributed by atoms with Gasteiger partial charge in [-0.1, -0.05) is 24.3 Å². The summed E-state index contributed by atoms with van der Waals surface area (Å²) in [5, 5.41) is 0. The van der Waals surface area contributed by atoms with Crippen LogP contribution in [0.1, 0.15) is 53.0 Å². The van der Waals surface area contributed by atoms with Gasteiger partial charge in [-0.25, -0.2) is 0 Å². The summed E-state index contributed by atoms with van der Waals surface area (Å²) in [6.45, 7) is 13.0. The van der Waals surface area contributed by atoms with Crippen LogP contribution in [0.15, 0.2) is 24.3 Å². The van der Waals surface area contributed by atoms with Gasteiger partial charge in [0.15, 0.2) is 0 Å². The third-order valence-corrected chi connectivity index (χ3v) is 5.58. The zero-order valence-corrected chi connectivity index (χ0v) is 14.6. The van der Waals surface area contributed by atoms with Crippen LogP contribution in [0.3, 0.4) is 0 Å². The van der Waals surface area contributed by atoms with Crippen LogP contribution in [0, 0.1) is 0 Å². The SMILES string of the molecule is C[C@H]1CCCN1Cc1ccc(B2OC(C)(C)C(C)(C)O2)cc1. The maximum atomic E-state index is 6.11. The van der Waals surface area contributed by atoms with Crippen molar-refractivity contribution in [1.29, 1.82) is 0 Å². The van der Waals surface area contributed by atoms with Crippen LogP contribution in [0.25, 0.3) is 0 Å². The lowest BCUT2D eigenvalue weighted by Gasteiger charge is -2.32. The molecule has 0 N–H and O–H groups in total. The Bertz CT molecular complexity index is 510. The molecule has 0 saturated carbocycles. The fourth-order valence-electron chi connectivity index (χ4n) is 3.22. The van der Waals surface area contributed by atoms with Crippen LogP contribution in [0.5, 0.6) is 0 Å². The maximum absolute atomic E-state index is 6.11. The minimum atomic E-state index is -0.276. The molecule has 0 bridgehead atoms. The summed E-state index contributed by atoms with van der Waals surface area (Å²) in [6.07, 6.45) is 2.65. The van der Waals surface area contributed by atoms with Crippen molar-refractivity contribution in [3.8, 4) is 0 Å². The predicted octanol–water partition coefficient (Wildman–Crippen LogP) is 2.97. The van der Waals surface area contributed by atoms with Gasteiger partial charge in [0.25, 0.3) is 0 Å². The van der Waals surface area contributed by atoms with Gasteiger partial charge in [-0.05, 0) is 65.0 Å². The van der Waals surface area contributed by atoms with E-state index in [0.717, 1.165) is 12.0 Å². The molecule has 1 atom stereocenters. The Kier molecular flexibility index (Phi) is 4.13. The van der Waals surface area contributed by atoms with E-state index < -0.39 is 0 Å². The van der Waals surface area contributed by atoms with E-state index in [2.05, 4.69) is 63.8 Å². The molecule has 1 aromatic carbocycles. The second-order valence-corrected chi connectivity index (χ2v) is 7.79. The predicted molar refractivity (Wildman–Crippen MR) is 91.3 cm³/mol. The molecule has 2 saturated heterocycles. The summed E-state index contributed by atoms with van der Waals surface area (Å²) in [5.41, 5.74) is 1.92. The highest BCUT2D eigenvalue weighted by molar-refractivity contribution is 6.62. The number of hydrogen-bond acceptors (Lipinski definition) is 3. The van der Waals surface area contributed by atoms with Crippen molar-refractivity contribution in [2.24, 2.45) is 0 Å². The zero-order valence-electron chi connectivity index (χ0n) is 14.6. The Hall–Kier alpha value is -0.835. The van der Waals surface area contributed by atoms with E-state index in [0.29, 0.717) is 6.04 Å². The van der Waals surface area contributed by atoms with Crippen molar-refractivity contribution in [3.05, 3.63) is 29.8 Å². The Morgan fingerprint density at radius 1 is 1.09 bits per heavy atom. The van der Waals surface area contributed by atoms with E-state index in [1.165, 1.54) is 24.9 Å². The first-order valence-corrected chi connectivity index (χ1v) is 8.47. The summed E-state index contributed by atoms with van der Waals surface area (Å²) in [5.74, 6) is 0. The molecule has 2 aliphatic rings. The first-order valence-electron chi connectivity index (χ1n) is 8.47. The third kappa shape index (κ3) is 2.97. The van der Waals surface area contributed by atoms with E-state index in [1.807, 2.05) is 0 Å². The van der Waals surface area contributed by atoms with Crippen LogP contribution in [0.2, 0.25) is 0 Å². The highest BCUT2D eigenvalue weighted by Gasteiger charge is 2.51. The summed E-state index contributed by atoms with van der Waals surface area (Å²) in [7, 11) is -0.259. The number of nitrogens with zero attached hydrogens (tertiary/aromatic N) is 1. The Balaban J connectivity index is 1.67. The van der Waals surface area contributed by atoms with Crippen LogP contribution >= 0.6 is 0 Å². The van der Waals surface area contributed by atoms with Gasteiger partial charge >= 0.3 is 7.12 Å². The first-order chi connectivity index (χ1) is 10.3. The number of rotatable bonds is 3. The van der Waals surface area contributed by atoms with Crippen LogP contribution in [-0.2, 0) is 15.9 Å². The highest BCUT2D eigenvalue weighted by atomic mass is 16.7. The lowest BCUT2D eigenvalue weighted by molar-refractivity contribution is 0.00578. The Labute approximate surface area is 135 Å². The number of benzene rings is 1. The van der Waals surface area contributed by atoms with E-state index >= 15 is 0 Å². The molecular formula is C18H28BNO2. The van der Waals surface area contributed by atoms with Crippen LogP contribution < -0.4 is 5.46 Å². The molecule has 0 radical (unpaired) electrons. The molecule has 0 aliphatic carbocycles. The minimum Gasteiger partial charge on any atom is -0.399 e. The van der Waals surface area contributed by atoms with Crippen LogP contribution in [0.4, 0.5) is 0 Å². The highest BCUT2D eigenvalue weighted by Crippen LogP contribution is 2.36. The third-order valence-electron chi connectivity index (χ3n) is 5.58. The smallest absolute Gasteiger partial charge is 0.399 e. The summed E-state index contributed by atoms with van der Waals surface area (Å²) in [4.78, 5) is 2.56. The maximum Gasteiger partial charge on any atom is 0.494 e. The molecule has 3 nitrogen and oxygen atoms in total. The molecule has 0 aromatic heterocycles. The van der Waals surface area contributed by atoms with E-state index in [1.54, 1.807) is 0 Å². The molecule has 2 fully saturated rings. The van der Waals surface area contributed by atoms with Gasteiger partial charge in [0.05, 0.1) is 11.2 Å². The van der Waals surface area contributed by atoms with Crippen LogP contribution in [-0.4, -0.2) is 35.8 Å². The van der Waals surface area contributed by atoms with Gasteiger partial charge in [0.2, 0.25) is 0 Å². The second kappa shape index (κ2) is 5.66. The summed E-state index contributed by atoms with van der Waals surface area (Å²) < 4.78 is 12.2. The molecule has 2 heterocycles. The molecule has 120 valence electrons. The van der Waals surface area contributed by atoms with E-state index in [4.69, 9.17) is 9.31 Å². The quantitative estimate of drug-likeness (QED) is 0.801. The van der Waals surface area contributed by atoms with Crippen molar-refractivity contribution in [3.63, 3.8) is 0 Å². The van der Waals surface area contributed by atoms with Gasteiger partial charge in [-0.15, -0.1) is 0 Å². The van der Waals surface area contributed by atoms with E-state index in [-0.39, 0.29) is 18.3 Å². The fourth-order valence-corrected chi connectivity index (χ4v) is 3.22. The average molecular weight is 301 g/mol. The van der Waals surface area contributed by atoms with Crippen molar-refractivity contribution < 1.29 is 9.31 Å². The van der Waals surface area contributed by atoms with Gasteiger partial charge in [-0.3, -0.25) is 4.90 Å². The lowest BCUT2D eigenvalue weighted by atomic mass is 9.79. The molecule has 1 aromatic rings. The topological polar surface area (TPSA) is 21.7 Å². The number of hydrogen-bond donors (Lipinski definition) is 0. The largest absolute Gasteiger partial charge is 0.494 e. The van der Waals surface area contributed by atoms with Crippen molar-refractivity contribution in [2.75, 3.05) is 6.54 Å². The van der Waals surface area contributed by atoms with Crippen molar-refractivity contribution in [1.82, 2.24) is 4.90 Å². The minimum absolute atomic E-state index is 0.259. The van der Waals surface area contributed by atoms with Gasteiger partial charge < -0.3 is 9.31 Å². The fraction of sp³-hybridized carbons (Fsp3) is 0.667. The Morgan fingerprint density at radius 2 is 1.68 bits per heavy atom. The second-order valence-electron chi connectivity index (χ2n) is 7.79. The molecule has 22 heavy (non-hydrogen) atoms. The van der Waals surface area contributed by atoms with E-state index in [9.17, 15) is 0 Å². The molecular weight excluding hydrogens is 273 g/mol. The zero-order chi connectivity index (χ0) is 16.0. The molecule has 3 rings (SSSR count). The lowest BCUT2D eigenvalue weighted by Crippen LogP contribution is -2.41. The van der Waals surface area contributed by atoms with Gasteiger partial charge in [0, 0.05) is 12.6 Å². The average Bonchev–Trinajstić information content (AvgIpc) is 2.92. The summed E-state index contributed by atoms with van der Waals surface area (Å²) in [6, 6.07) is 9.44. The molecule has 0 spiro atoms. The monoisotopic (exact) mass is 301 g/mol. The molecule has 0 amide bonds. The normalized spacial score (nSPS) is 27.5. The first kappa shape index (κ1) is 16.0. The van der Waals surface area contributed by atoms with Gasteiger partial charge in [0.1, 0.15) is 0 Å². The molecule has 2 aliphatic heterocycles. The standard InChI is InChI=1S/C18H28BNO2/c1-14-7-6-12-20(14)13-15-8-10-16(11-9-15)19-21-17(2,3)18(4,5)22-19/h8-11,14H,6-7,12-13H2,1-5H3/t14-/m0/s1. The number of likely N-dealkylation sites (tertiary alicyclic amines) is 1.